The van der Waals surface area contributed by atoms with E-state index in [-0.39, 0.29) is 11.4 Å². The first kappa shape index (κ1) is 11.4. The van der Waals surface area contributed by atoms with Crippen molar-refractivity contribution >= 4 is 11.4 Å². The summed E-state index contributed by atoms with van der Waals surface area (Å²) >= 11 is 0. The van der Waals surface area contributed by atoms with Crippen LogP contribution in [0.3, 0.4) is 0 Å². The van der Waals surface area contributed by atoms with Crippen LogP contribution in [0.4, 0.5) is 20.2 Å². The van der Waals surface area contributed by atoms with Crippen molar-refractivity contribution in [2.24, 2.45) is 0 Å². The van der Waals surface area contributed by atoms with E-state index < -0.39 is 11.6 Å². The minimum absolute atomic E-state index is 0.205. The second kappa shape index (κ2) is 4.82. The van der Waals surface area contributed by atoms with Gasteiger partial charge < -0.3 is 10.1 Å². The van der Waals surface area contributed by atoms with Gasteiger partial charge in [0.1, 0.15) is 17.4 Å². The molecule has 0 saturated heterocycles. The molecule has 0 aromatic heterocycles. The highest BCUT2D eigenvalue weighted by atomic mass is 19.1. The summed E-state index contributed by atoms with van der Waals surface area (Å²) in [6.45, 7) is 0. The van der Waals surface area contributed by atoms with Crippen molar-refractivity contribution < 1.29 is 13.5 Å². The Labute approximate surface area is 97.8 Å². The van der Waals surface area contributed by atoms with Crippen LogP contribution in [0.15, 0.2) is 42.5 Å². The quantitative estimate of drug-likeness (QED) is 0.875. The topological polar surface area (TPSA) is 21.3 Å². The van der Waals surface area contributed by atoms with E-state index in [4.69, 9.17) is 4.74 Å². The molecule has 0 spiro atoms. The predicted molar refractivity (Wildman–Crippen MR) is 62.6 cm³/mol. The number of benzene rings is 2. The van der Waals surface area contributed by atoms with Crippen molar-refractivity contribution in [2.45, 2.75) is 0 Å². The number of halogens is 2. The molecule has 0 saturated carbocycles. The summed E-state index contributed by atoms with van der Waals surface area (Å²) in [6.07, 6.45) is 0. The van der Waals surface area contributed by atoms with E-state index >= 15 is 0 Å². The normalized spacial score (nSPS) is 10.1. The van der Waals surface area contributed by atoms with E-state index in [0.29, 0.717) is 5.75 Å². The Kier molecular flexibility index (Phi) is 3.23. The largest absolute Gasteiger partial charge is 0.497 e. The fraction of sp³-hybridized carbons (Fsp3) is 0.0769. The van der Waals surface area contributed by atoms with Crippen LogP contribution in [0, 0.1) is 11.6 Å². The first-order chi connectivity index (χ1) is 8.20. The van der Waals surface area contributed by atoms with Gasteiger partial charge in [0, 0.05) is 6.07 Å². The van der Waals surface area contributed by atoms with Gasteiger partial charge in [0.05, 0.1) is 18.5 Å². The van der Waals surface area contributed by atoms with Crippen LogP contribution in [0.5, 0.6) is 5.75 Å². The Morgan fingerprint density at radius 3 is 2.29 bits per heavy atom. The van der Waals surface area contributed by atoms with E-state index in [1.807, 2.05) is 0 Å². The molecule has 4 heteroatoms. The Morgan fingerprint density at radius 1 is 0.941 bits per heavy atom. The second-order valence-corrected chi connectivity index (χ2v) is 3.45. The zero-order valence-electron chi connectivity index (χ0n) is 9.21. The van der Waals surface area contributed by atoms with Gasteiger partial charge in [0.25, 0.3) is 0 Å². The molecule has 2 aromatic rings. The molecule has 0 aliphatic rings. The van der Waals surface area contributed by atoms with E-state index in [2.05, 4.69) is 5.32 Å². The number of hydrogen-bond donors (Lipinski definition) is 1. The van der Waals surface area contributed by atoms with Crippen molar-refractivity contribution in [1.29, 1.82) is 0 Å². The van der Waals surface area contributed by atoms with Gasteiger partial charge in [-0.25, -0.2) is 8.78 Å². The minimum atomic E-state index is -0.493. The van der Waals surface area contributed by atoms with Crippen molar-refractivity contribution in [2.75, 3.05) is 12.4 Å². The monoisotopic (exact) mass is 235 g/mol. The molecule has 0 aliphatic carbocycles. The maximum atomic E-state index is 13.6. The average molecular weight is 235 g/mol. The molecule has 0 heterocycles. The average Bonchev–Trinajstić information content (AvgIpc) is 2.34. The summed E-state index contributed by atoms with van der Waals surface area (Å²) in [7, 11) is 1.46. The third-order valence-corrected chi connectivity index (χ3v) is 2.32. The molecule has 2 nitrogen and oxygen atoms in total. The molecule has 88 valence electrons. The van der Waals surface area contributed by atoms with Gasteiger partial charge in [-0.2, -0.15) is 0 Å². The molecular formula is C13H11F2NO. The van der Waals surface area contributed by atoms with E-state index in [1.54, 1.807) is 24.3 Å². The Bertz CT molecular complexity index is 529. The van der Waals surface area contributed by atoms with Crippen LogP contribution in [0.1, 0.15) is 0 Å². The van der Waals surface area contributed by atoms with Crippen molar-refractivity contribution in [1.82, 2.24) is 0 Å². The zero-order chi connectivity index (χ0) is 12.3. The van der Waals surface area contributed by atoms with Crippen molar-refractivity contribution in [3.05, 3.63) is 54.1 Å². The Morgan fingerprint density at radius 2 is 1.65 bits per heavy atom. The molecule has 0 bridgehead atoms. The number of para-hydroxylation sites is 1. The third kappa shape index (κ3) is 2.53. The first-order valence-electron chi connectivity index (χ1n) is 5.06. The fourth-order valence-electron chi connectivity index (χ4n) is 1.43. The molecule has 2 rings (SSSR count). The third-order valence-electron chi connectivity index (χ3n) is 2.32. The van der Waals surface area contributed by atoms with Gasteiger partial charge >= 0.3 is 0 Å². The van der Waals surface area contributed by atoms with Crippen LogP contribution >= 0.6 is 0 Å². The highest BCUT2D eigenvalue weighted by Crippen LogP contribution is 2.25. The lowest BCUT2D eigenvalue weighted by atomic mass is 10.2. The number of methoxy groups -OCH3 is 1. The van der Waals surface area contributed by atoms with Gasteiger partial charge in [-0.3, -0.25) is 0 Å². The number of hydrogen-bond acceptors (Lipinski definition) is 2. The van der Waals surface area contributed by atoms with Crippen molar-refractivity contribution in [3.8, 4) is 5.75 Å². The fourth-order valence-corrected chi connectivity index (χ4v) is 1.43. The molecule has 0 unspecified atom stereocenters. The summed E-state index contributed by atoms with van der Waals surface area (Å²) < 4.78 is 31.8. The first-order valence-corrected chi connectivity index (χ1v) is 5.06. The lowest BCUT2D eigenvalue weighted by molar-refractivity contribution is 0.411. The van der Waals surface area contributed by atoms with E-state index in [9.17, 15) is 8.78 Å². The molecule has 0 fully saturated rings. The molecule has 2 aromatic carbocycles. The van der Waals surface area contributed by atoms with Gasteiger partial charge in [-0.05, 0) is 24.3 Å². The number of anilines is 2. The number of nitrogens with one attached hydrogen (secondary N) is 1. The molecule has 17 heavy (non-hydrogen) atoms. The van der Waals surface area contributed by atoms with Crippen LogP contribution in [-0.2, 0) is 0 Å². The Hall–Kier alpha value is -2.10. The summed E-state index contributed by atoms with van der Waals surface area (Å²) in [6, 6.07) is 10.4. The molecule has 0 atom stereocenters. The van der Waals surface area contributed by atoms with E-state index in [0.717, 1.165) is 0 Å². The summed E-state index contributed by atoms with van der Waals surface area (Å²) in [5.74, 6) is -0.503. The maximum absolute atomic E-state index is 13.6. The lowest BCUT2D eigenvalue weighted by Crippen LogP contribution is -1.96. The van der Waals surface area contributed by atoms with E-state index in [1.165, 1.54) is 25.3 Å². The van der Waals surface area contributed by atoms with Crippen LogP contribution in [0.25, 0.3) is 0 Å². The summed E-state index contributed by atoms with van der Waals surface area (Å²) in [4.78, 5) is 0. The van der Waals surface area contributed by atoms with Gasteiger partial charge in [-0.15, -0.1) is 0 Å². The van der Waals surface area contributed by atoms with Crippen LogP contribution < -0.4 is 10.1 Å². The maximum Gasteiger partial charge on any atom is 0.150 e. The molecular weight excluding hydrogens is 224 g/mol. The van der Waals surface area contributed by atoms with Gasteiger partial charge in [-0.1, -0.05) is 12.1 Å². The van der Waals surface area contributed by atoms with Crippen LogP contribution in [0.2, 0.25) is 0 Å². The lowest BCUT2D eigenvalue weighted by Gasteiger charge is -2.09. The highest BCUT2D eigenvalue weighted by Gasteiger charge is 2.06. The Balaban J connectivity index is 2.28. The SMILES string of the molecule is COc1ccc(Nc2ccccc2F)c(F)c1. The van der Waals surface area contributed by atoms with Crippen molar-refractivity contribution in [3.63, 3.8) is 0 Å². The van der Waals surface area contributed by atoms with Gasteiger partial charge in [0.15, 0.2) is 0 Å². The molecule has 0 radical (unpaired) electrons. The molecule has 0 amide bonds. The minimum Gasteiger partial charge on any atom is -0.497 e. The highest BCUT2D eigenvalue weighted by molar-refractivity contribution is 5.61. The summed E-state index contributed by atoms with van der Waals surface area (Å²) in [5.41, 5.74) is 0.437. The summed E-state index contributed by atoms with van der Waals surface area (Å²) in [5, 5.41) is 2.69. The zero-order valence-corrected chi connectivity index (χ0v) is 9.21. The predicted octanol–water partition coefficient (Wildman–Crippen LogP) is 3.72. The van der Waals surface area contributed by atoms with Gasteiger partial charge in [0.2, 0.25) is 0 Å². The standard InChI is InChI=1S/C13H11F2NO/c1-17-9-6-7-13(11(15)8-9)16-12-5-3-2-4-10(12)14/h2-8,16H,1H3. The molecule has 1 N–H and O–H groups in total. The number of ether oxygens (including phenoxy) is 1. The van der Waals surface area contributed by atoms with Crippen LogP contribution in [-0.4, -0.2) is 7.11 Å². The number of rotatable bonds is 3. The molecule has 0 aliphatic heterocycles. The second-order valence-electron chi connectivity index (χ2n) is 3.45. The smallest absolute Gasteiger partial charge is 0.150 e.